The molecule has 0 aromatic heterocycles. The van der Waals surface area contributed by atoms with E-state index in [4.69, 9.17) is 5.26 Å². The van der Waals surface area contributed by atoms with E-state index in [1.807, 2.05) is 13.8 Å². The number of hydrogen-bond donors (Lipinski definition) is 1. The van der Waals surface area contributed by atoms with Crippen molar-refractivity contribution in [2.24, 2.45) is 11.3 Å². The highest BCUT2D eigenvalue weighted by molar-refractivity contribution is 5.50. The van der Waals surface area contributed by atoms with Crippen LogP contribution in [0.2, 0.25) is 0 Å². The van der Waals surface area contributed by atoms with Crippen LogP contribution in [0.15, 0.2) is 12.1 Å². The van der Waals surface area contributed by atoms with E-state index in [0.717, 1.165) is 12.1 Å². The van der Waals surface area contributed by atoms with Crippen LogP contribution in [0.5, 0.6) is 0 Å². The Morgan fingerprint density at radius 2 is 1.78 bits per heavy atom. The van der Waals surface area contributed by atoms with Crippen molar-refractivity contribution >= 4 is 5.69 Å². The van der Waals surface area contributed by atoms with E-state index < -0.39 is 11.6 Å². The molecule has 18 heavy (non-hydrogen) atoms. The summed E-state index contributed by atoms with van der Waals surface area (Å²) in [4.78, 5) is 0. The maximum Gasteiger partial charge on any atom is 0.150 e. The first-order valence-electron chi connectivity index (χ1n) is 5.91. The van der Waals surface area contributed by atoms with Gasteiger partial charge in [0.15, 0.2) is 11.6 Å². The molecular weight excluding hydrogens is 234 g/mol. The van der Waals surface area contributed by atoms with Crippen LogP contribution in [0.3, 0.4) is 0 Å². The molecular formula is C14H18F2N2. The molecule has 0 spiro atoms. The molecule has 1 N–H and O–H groups in total. The Kier molecular flexibility index (Phi) is 4.28. The van der Waals surface area contributed by atoms with Crippen LogP contribution in [-0.2, 0) is 0 Å². The molecule has 1 aromatic carbocycles. The molecule has 1 aromatic rings. The summed E-state index contributed by atoms with van der Waals surface area (Å²) in [5.41, 5.74) is -0.256. The fraction of sp³-hybridized carbons (Fsp3) is 0.500. The first-order chi connectivity index (χ1) is 8.27. The largest absolute Gasteiger partial charge is 0.380 e. The average Bonchev–Trinajstić information content (AvgIpc) is 2.27. The zero-order valence-corrected chi connectivity index (χ0v) is 11.1. The number of rotatable bonds is 4. The van der Waals surface area contributed by atoms with Gasteiger partial charge in [-0.1, -0.05) is 27.7 Å². The summed E-state index contributed by atoms with van der Waals surface area (Å²) in [5, 5.41) is 11.4. The van der Waals surface area contributed by atoms with E-state index in [9.17, 15) is 8.78 Å². The van der Waals surface area contributed by atoms with Gasteiger partial charge in [-0.25, -0.2) is 8.78 Å². The number of hydrogen-bond acceptors (Lipinski definition) is 2. The Labute approximate surface area is 107 Å². The SMILES string of the molecule is CC(C)C(C)(C)CNc1c(F)cc(C#N)cc1F. The Hall–Kier alpha value is -1.63. The first-order valence-corrected chi connectivity index (χ1v) is 5.91. The Morgan fingerprint density at radius 1 is 1.28 bits per heavy atom. The molecule has 0 amide bonds. The smallest absolute Gasteiger partial charge is 0.150 e. The number of benzene rings is 1. The lowest BCUT2D eigenvalue weighted by atomic mass is 9.81. The van der Waals surface area contributed by atoms with Gasteiger partial charge < -0.3 is 5.32 Å². The third kappa shape index (κ3) is 3.19. The molecule has 0 aliphatic heterocycles. The fourth-order valence-corrected chi connectivity index (χ4v) is 1.33. The summed E-state index contributed by atoms with van der Waals surface area (Å²) in [6.45, 7) is 8.65. The van der Waals surface area contributed by atoms with Crippen LogP contribution >= 0.6 is 0 Å². The normalized spacial score (nSPS) is 11.4. The van der Waals surface area contributed by atoms with Gasteiger partial charge >= 0.3 is 0 Å². The van der Waals surface area contributed by atoms with Gasteiger partial charge in [0.25, 0.3) is 0 Å². The van der Waals surface area contributed by atoms with Gasteiger partial charge in [-0.2, -0.15) is 5.26 Å². The molecule has 0 unspecified atom stereocenters. The minimum Gasteiger partial charge on any atom is -0.380 e. The lowest BCUT2D eigenvalue weighted by molar-refractivity contribution is 0.269. The molecule has 4 heteroatoms. The Balaban J connectivity index is 2.90. The van der Waals surface area contributed by atoms with Crippen molar-refractivity contribution < 1.29 is 8.78 Å². The molecule has 98 valence electrons. The van der Waals surface area contributed by atoms with Gasteiger partial charge in [0, 0.05) is 6.54 Å². The van der Waals surface area contributed by atoms with Crippen LogP contribution in [0.1, 0.15) is 33.3 Å². The summed E-state index contributed by atoms with van der Waals surface area (Å²) in [6.07, 6.45) is 0. The van der Waals surface area contributed by atoms with Gasteiger partial charge in [0.1, 0.15) is 5.69 Å². The topological polar surface area (TPSA) is 35.8 Å². The highest BCUT2D eigenvalue weighted by Gasteiger charge is 2.23. The van der Waals surface area contributed by atoms with E-state index in [-0.39, 0.29) is 16.7 Å². The molecule has 0 saturated heterocycles. The summed E-state index contributed by atoms with van der Waals surface area (Å²) in [7, 11) is 0. The minimum atomic E-state index is -0.730. The van der Waals surface area contributed by atoms with Crippen molar-refractivity contribution in [3.63, 3.8) is 0 Å². The molecule has 0 atom stereocenters. The molecule has 0 aliphatic carbocycles. The van der Waals surface area contributed by atoms with E-state index in [2.05, 4.69) is 19.2 Å². The maximum atomic E-state index is 13.6. The monoisotopic (exact) mass is 252 g/mol. The highest BCUT2D eigenvalue weighted by Crippen LogP contribution is 2.28. The molecule has 0 saturated carbocycles. The standard InChI is InChI=1S/C14H18F2N2/c1-9(2)14(3,4)8-18-13-11(15)5-10(7-17)6-12(13)16/h5-6,9,18H,8H2,1-4H3. The quantitative estimate of drug-likeness (QED) is 0.881. The summed E-state index contributed by atoms with van der Waals surface area (Å²) in [5.74, 6) is -1.08. The van der Waals surface area contributed by atoms with Gasteiger partial charge in [-0.3, -0.25) is 0 Å². The van der Waals surface area contributed by atoms with Crippen LogP contribution in [-0.4, -0.2) is 6.54 Å². The van der Waals surface area contributed by atoms with Crippen LogP contribution < -0.4 is 5.32 Å². The van der Waals surface area contributed by atoms with E-state index in [1.165, 1.54) is 0 Å². The zero-order chi connectivity index (χ0) is 13.9. The Bertz CT molecular complexity index is 450. The van der Waals surface area contributed by atoms with Crippen LogP contribution in [0, 0.1) is 34.3 Å². The number of nitriles is 1. The number of nitrogens with one attached hydrogen (secondary N) is 1. The fourth-order valence-electron chi connectivity index (χ4n) is 1.33. The molecule has 0 fully saturated rings. The van der Waals surface area contributed by atoms with E-state index in [1.54, 1.807) is 6.07 Å². The number of nitrogens with zero attached hydrogens (tertiary/aromatic N) is 1. The van der Waals surface area contributed by atoms with Crippen molar-refractivity contribution in [1.82, 2.24) is 0 Å². The second-order valence-electron chi connectivity index (χ2n) is 5.42. The van der Waals surface area contributed by atoms with Gasteiger partial charge in [0.2, 0.25) is 0 Å². The predicted molar refractivity (Wildman–Crippen MR) is 68.2 cm³/mol. The maximum absolute atomic E-state index is 13.6. The van der Waals surface area contributed by atoms with Crippen molar-refractivity contribution in [2.75, 3.05) is 11.9 Å². The third-order valence-corrected chi connectivity index (χ3v) is 3.45. The van der Waals surface area contributed by atoms with Crippen molar-refractivity contribution in [1.29, 1.82) is 5.26 Å². The minimum absolute atomic E-state index is 0.0151. The van der Waals surface area contributed by atoms with Crippen LogP contribution in [0.4, 0.5) is 14.5 Å². The molecule has 0 heterocycles. The molecule has 0 aliphatic rings. The van der Waals surface area contributed by atoms with Crippen molar-refractivity contribution in [3.05, 3.63) is 29.3 Å². The summed E-state index contributed by atoms with van der Waals surface area (Å²) >= 11 is 0. The molecule has 0 radical (unpaired) electrons. The summed E-state index contributed by atoms with van der Waals surface area (Å²) < 4.78 is 27.2. The molecule has 0 bridgehead atoms. The highest BCUT2D eigenvalue weighted by atomic mass is 19.1. The molecule has 1 rings (SSSR count). The van der Waals surface area contributed by atoms with Gasteiger partial charge in [-0.15, -0.1) is 0 Å². The van der Waals surface area contributed by atoms with Crippen molar-refractivity contribution in [2.45, 2.75) is 27.7 Å². The Morgan fingerprint density at radius 3 is 2.17 bits per heavy atom. The van der Waals surface area contributed by atoms with Gasteiger partial charge in [-0.05, 0) is 23.5 Å². The van der Waals surface area contributed by atoms with E-state index in [0.29, 0.717) is 12.5 Å². The second kappa shape index (κ2) is 5.34. The third-order valence-electron chi connectivity index (χ3n) is 3.45. The number of halogens is 2. The lowest BCUT2D eigenvalue weighted by Crippen LogP contribution is -2.29. The zero-order valence-electron chi connectivity index (χ0n) is 11.1. The summed E-state index contributed by atoms with van der Waals surface area (Å²) in [6, 6.07) is 3.79. The first kappa shape index (κ1) is 14.4. The molecule has 2 nitrogen and oxygen atoms in total. The average molecular weight is 252 g/mol. The number of anilines is 1. The second-order valence-corrected chi connectivity index (χ2v) is 5.42. The predicted octanol–water partition coefficient (Wildman–Crippen LogP) is 3.93. The van der Waals surface area contributed by atoms with Crippen LogP contribution in [0.25, 0.3) is 0 Å². The van der Waals surface area contributed by atoms with Gasteiger partial charge in [0.05, 0.1) is 11.6 Å². The lowest BCUT2D eigenvalue weighted by Gasteiger charge is -2.30. The van der Waals surface area contributed by atoms with Crippen molar-refractivity contribution in [3.8, 4) is 6.07 Å². The van der Waals surface area contributed by atoms with E-state index >= 15 is 0 Å².